The van der Waals surface area contributed by atoms with Gasteiger partial charge < -0.3 is 4.90 Å². The van der Waals surface area contributed by atoms with Crippen molar-refractivity contribution in [2.45, 2.75) is 34.1 Å². The fourth-order valence-corrected chi connectivity index (χ4v) is 1.98. The summed E-state index contributed by atoms with van der Waals surface area (Å²) in [6.07, 6.45) is 0.545. The van der Waals surface area contributed by atoms with E-state index in [1.165, 1.54) is 5.56 Å². The van der Waals surface area contributed by atoms with E-state index in [9.17, 15) is 4.79 Å². The maximum absolute atomic E-state index is 12.2. The molecule has 0 bridgehead atoms. The lowest BCUT2D eigenvalue weighted by Gasteiger charge is -2.22. The molecule has 0 saturated carbocycles. The third-order valence-electron chi connectivity index (χ3n) is 3.37. The van der Waals surface area contributed by atoms with E-state index in [2.05, 4.69) is 19.1 Å². The van der Waals surface area contributed by atoms with Crippen LogP contribution in [-0.2, 0) is 4.79 Å². The van der Waals surface area contributed by atoms with Crippen LogP contribution in [0.5, 0.6) is 0 Å². The molecule has 0 spiro atoms. The van der Waals surface area contributed by atoms with Gasteiger partial charge in [0.1, 0.15) is 5.92 Å². The molecule has 1 amide bonds. The number of amides is 1. The summed E-state index contributed by atoms with van der Waals surface area (Å²) in [6.45, 7) is 7.92. The number of anilines is 1. The van der Waals surface area contributed by atoms with E-state index in [0.29, 0.717) is 6.42 Å². The molecule has 1 aromatic carbocycles. The maximum Gasteiger partial charge on any atom is 0.244 e. The van der Waals surface area contributed by atoms with Crippen molar-refractivity contribution in [2.75, 3.05) is 11.9 Å². The Morgan fingerprint density at radius 2 is 1.83 bits per heavy atom. The number of rotatable bonds is 3. The second-order valence-corrected chi connectivity index (χ2v) is 4.71. The fourth-order valence-electron chi connectivity index (χ4n) is 1.98. The number of carbonyl (C=O) groups excluding carboxylic acids is 1. The molecule has 18 heavy (non-hydrogen) atoms. The standard InChI is InChI=1S/C15H20N2O/c1-6-13(9-16)15(18)17(5)14-8-11(3)10(2)7-12(14)4/h7-8,13H,6H2,1-5H3. The highest BCUT2D eigenvalue weighted by atomic mass is 16.2. The SMILES string of the molecule is CCC(C#N)C(=O)N(C)c1cc(C)c(C)cc1C. The van der Waals surface area contributed by atoms with Gasteiger partial charge in [0.15, 0.2) is 0 Å². The van der Waals surface area contributed by atoms with E-state index in [1.807, 2.05) is 26.8 Å². The zero-order chi connectivity index (χ0) is 13.9. The van der Waals surface area contributed by atoms with Gasteiger partial charge in [-0.25, -0.2) is 0 Å². The Morgan fingerprint density at radius 3 is 2.33 bits per heavy atom. The lowest BCUT2D eigenvalue weighted by atomic mass is 10.0. The molecule has 3 heteroatoms. The number of benzene rings is 1. The molecule has 0 heterocycles. The number of nitrogens with zero attached hydrogens (tertiary/aromatic N) is 2. The minimum atomic E-state index is -0.559. The molecule has 0 N–H and O–H groups in total. The second-order valence-electron chi connectivity index (χ2n) is 4.71. The molecular formula is C15H20N2O. The van der Waals surface area contributed by atoms with Crippen molar-refractivity contribution in [3.8, 4) is 6.07 Å². The van der Waals surface area contributed by atoms with Crippen molar-refractivity contribution in [3.63, 3.8) is 0 Å². The first-order chi connectivity index (χ1) is 8.42. The molecular weight excluding hydrogens is 224 g/mol. The monoisotopic (exact) mass is 244 g/mol. The van der Waals surface area contributed by atoms with Gasteiger partial charge in [0.25, 0.3) is 0 Å². The van der Waals surface area contributed by atoms with E-state index >= 15 is 0 Å². The molecule has 1 atom stereocenters. The summed E-state index contributed by atoms with van der Waals surface area (Å²) in [5.74, 6) is -0.692. The van der Waals surface area contributed by atoms with Crippen molar-refractivity contribution in [1.29, 1.82) is 5.26 Å². The van der Waals surface area contributed by atoms with Crippen molar-refractivity contribution in [2.24, 2.45) is 5.92 Å². The molecule has 3 nitrogen and oxygen atoms in total. The summed E-state index contributed by atoms with van der Waals surface area (Å²) in [7, 11) is 1.74. The highest BCUT2D eigenvalue weighted by Crippen LogP contribution is 2.24. The third kappa shape index (κ3) is 2.70. The molecule has 0 saturated heterocycles. The lowest BCUT2D eigenvalue weighted by Crippen LogP contribution is -2.32. The molecule has 0 aliphatic carbocycles. The minimum absolute atomic E-state index is 0.133. The summed E-state index contributed by atoms with van der Waals surface area (Å²) < 4.78 is 0. The Balaban J connectivity index is 3.12. The van der Waals surface area contributed by atoms with E-state index in [-0.39, 0.29) is 5.91 Å². The molecule has 0 radical (unpaired) electrons. The van der Waals surface area contributed by atoms with Gasteiger partial charge in [0.2, 0.25) is 5.91 Å². The second kappa shape index (κ2) is 5.68. The van der Waals surface area contributed by atoms with Crippen LogP contribution in [0.1, 0.15) is 30.0 Å². The van der Waals surface area contributed by atoms with Gasteiger partial charge in [-0.05, 0) is 49.9 Å². The van der Waals surface area contributed by atoms with Crippen LogP contribution in [0.15, 0.2) is 12.1 Å². The Kier molecular flexibility index (Phi) is 4.49. The maximum atomic E-state index is 12.2. The first-order valence-electron chi connectivity index (χ1n) is 6.17. The van der Waals surface area contributed by atoms with Crippen LogP contribution >= 0.6 is 0 Å². The number of hydrogen-bond acceptors (Lipinski definition) is 2. The lowest BCUT2D eigenvalue weighted by molar-refractivity contribution is -0.120. The van der Waals surface area contributed by atoms with Crippen molar-refractivity contribution in [1.82, 2.24) is 0 Å². The van der Waals surface area contributed by atoms with Gasteiger partial charge in [0.05, 0.1) is 6.07 Å². The predicted molar refractivity (Wildman–Crippen MR) is 73.5 cm³/mol. The van der Waals surface area contributed by atoms with Crippen molar-refractivity contribution < 1.29 is 4.79 Å². The normalized spacial score (nSPS) is 11.8. The molecule has 96 valence electrons. The van der Waals surface area contributed by atoms with Gasteiger partial charge in [-0.1, -0.05) is 13.0 Å². The van der Waals surface area contributed by atoms with E-state index < -0.39 is 5.92 Å². The molecule has 1 aromatic rings. The zero-order valence-corrected chi connectivity index (χ0v) is 11.7. The smallest absolute Gasteiger partial charge is 0.244 e. The van der Waals surface area contributed by atoms with Crippen LogP contribution in [0.4, 0.5) is 5.69 Å². The Morgan fingerprint density at radius 1 is 1.28 bits per heavy atom. The highest BCUT2D eigenvalue weighted by molar-refractivity contribution is 5.96. The van der Waals surface area contributed by atoms with Gasteiger partial charge in [0, 0.05) is 12.7 Å². The average Bonchev–Trinajstić information content (AvgIpc) is 2.34. The summed E-state index contributed by atoms with van der Waals surface area (Å²) >= 11 is 0. The van der Waals surface area contributed by atoms with E-state index in [0.717, 1.165) is 16.8 Å². The number of hydrogen-bond donors (Lipinski definition) is 0. The average molecular weight is 244 g/mol. The van der Waals surface area contributed by atoms with Crippen molar-refractivity contribution >= 4 is 11.6 Å². The molecule has 0 aromatic heterocycles. The third-order valence-corrected chi connectivity index (χ3v) is 3.37. The van der Waals surface area contributed by atoms with Crippen LogP contribution in [-0.4, -0.2) is 13.0 Å². The van der Waals surface area contributed by atoms with Gasteiger partial charge >= 0.3 is 0 Å². The first kappa shape index (κ1) is 14.2. The van der Waals surface area contributed by atoms with E-state index in [4.69, 9.17) is 5.26 Å². The molecule has 0 fully saturated rings. The van der Waals surface area contributed by atoms with Crippen LogP contribution in [0.25, 0.3) is 0 Å². The van der Waals surface area contributed by atoms with Gasteiger partial charge in [-0.3, -0.25) is 4.79 Å². The summed E-state index contributed by atoms with van der Waals surface area (Å²) in [5.41, 5.74) is 4.31. The summed E-state index contributed by atoms with van der Waals surface area (Å²) in [4.78, 5) is 13.8. The van der Waals surface area contributed by atoms with Gasteiger partial charge in [-0.15, -0.1) is 0 Å². The molecule has 1 rings (SSSR count). The summed E-state index contributed by atoms with van der Waals surface area (Å²) in [6, 6.07) is 6.13. The number of nitriles is 1. The number of aryl methyl sites for hydroxylation is 3. The van der Waals surface area contributed by atoms with Crippen LogP contribution in [0.3, 0.4) is 0 Å². The zero-order valence-electron chi connectivity index (χ0n) is 11.7. The van der Waals surface area contributed by atoms with Crippen LogP contribution < -0.4 is 4.90 Å². The number of carbonyl (C=O) groups is 1. The van der Waals surface area contributed by atoms with Crippen LogP contribution in [0.2, 0.25) is 0 Å². The Labute approximate surface area is 109 Å². The van der Waals surface area contributed by atoms with Crippen molar-refractivity contribution in [3.05, 3.63) is 28.8 Å². The minimum Gasteiger partial charge on any atom is -0.314 e. The topological polar surface area (TPSA) is 44.1 Å². The van der Waals surface area contributed by atoms with Gasteiger partial charge in [-0.2, -0.15) is 5.26 Å². The molecule has 0 aliphatic heterocycles. The quantitative estimate of drug-likeness (QED) is 0.820. The first-order valence-corrected chi connectivity index (χ1v) is 6.17. The Bertz CT molecular complexity index is 500. The van der Waals surface area contributed by atoms with E-state index in [1.54, 1.807) is 11.9 Å². The fraction of sp³-hybridized carbons (Fsp3) is 0.467. The predicted octanol–water partition coefficient (Wildman–Crippen LogP) is 3.12. The Hall–Kier alpha value is -1.82. The molecule has 1 unspecified atom stereocenters. The summed E-state index contributed by atoms with van der Waals surface area (Å²) in [5, 5.41) is 8.96. The largest absolute Gasteiger partial charge is 0.314 e. The highest BCUT2D eigenvalue weighted by Gasteiger charge is 2.22. The van der Waals surface area contributed by atoms with Crippen LogP contribution in [0, 0.1) is 38.0 Å². The molecule has 0 aliphatic rings.